The largest absolute Gasteiger partial charge is 0.351 e. The van der Waals surface area contributed by atoms with Crippen LogP contribution in [0.4, 0.5) is 0 Å². The number of likely N-dealkylation sites (tertiary alicyclic amines) is 1. The Kier molecular flexibility index (Phi) is 6.13. The molecular weight excluding hydrogens is 364 g/mol. The quantitative estimate of drug-likeness (QED) is 0.837. The summed E-state index contributed by atoms with van der Waals surface area (Å²) < 4.78 is 5.49. The number of rotatable bonds is 4. The van der Waals surface area contributed by atoms with Crippen LogP contribution >= 0.6 is 0 Å². The molecule has 29 heavy (non-hydrogen) atoms. The molecule has 158 valence electrons. The van der Waals surface area contributed by atoms with Crippen molar-refractivity contribution in [1.29, 1.82) is 0 Å². The summed E-state index contributed by atoms with van der Waals surface area (Å²) in [6, 6.07) is 8.33. The van der Waals surface area contributed by atoms with Gasteiger partial charge in [-0.25, -0.2) is 0 Å². The molecule has 3 rings (SSSR count). The van der Waals surface area contributed by atoms with Gasteiger partial charge in [-0.15, -0.1) is 0 Å². The van der Waals surface area contributed by atoms with Crippen molar-refractivity contribution in [3.63, 3.8) is 0 Å². The van der Waals surface area contributed by atoms with Crippen molar-refractivity contribution in [2.45, 2.75) is 71.9 Å². The minimum absolute atomic E-state index is 0.00955. The third-order valence-corrected chi connectivity index (χ3v) is 5.21. The van der Waals surface area contributed by atoms with Gasteiger partial charge < -0.3 is 9.84 Å². The van der Waals surface area contributed by atoms with Gasteiger partial charge in [0.05, 0.1) is 12.5 Å². The number of nitrogens with one attached hydrogen (secondary N) is 1. The number of piperidine rings is 1. The van der Waals surface area contributed by atoms with Crippen LogP contribution in [0.3, 0.4) is 0 Å². The van der Waals surface area contributed by atoms with Crippen LogP contribution in [-0.2, 0) is 16.8 Å². The fourth-order valence-electron chi connectivity index (χ4n) is 3.63. The van der Waals surface area contributed by atoms with E-state index in [2.05, 4.69) is 53.3 Å². The second kappa shape index (κ2) is 8.27. The lowest BCUT2D eigenvalue weighted by Gasteiger charge is -2.32. The molecule has 1 unspecified atom stereocenters. The molecule has 1 amide bonds. The van der Waals surface area contributed by atoms with Gasteiger partial charge in [0.25, 0.3) is 0 Å². The number of amides is 1. The topological polar surface area (TPSA) is 71.3 Å². The number of carbonyl (C=O) groups excluding carboxylic acids is 1. The van der Waals surface area contributed by atoms with Gasteiger partial charge in [0.2, 0.25) is 17.6 Å². The Morgan fingerprint density at radius 2 is 1.86 bits per heavy atom. The number of hydrogen-bond acceptors (Lipinski definition) is 5. The first-order chi connectivity index (χ1) is 13.5. The Labute approximate surface area is 174 Å². The molecule has 6 nitrogen and oxygen atoms in total. The van der Waals surface area contributed by atoms with Crippen LogP contribution in [0.25, 0.3) is 11.4 Å². The summed E-state index contributed by atoms with van der Waals surface area (Å²) in [5.41, 5.74) is 2.14. The predicted octanol–water partition coefficient (Wildman–Crippen LogP) is 4.16. The van der Waals surface area contributed by atoms with Crippen LogP contribution in [-0.4, -0.2) is 39.6 Å². The lowest BCUT2D eigenvalue weighted by Crippen LogP contribution is -2.48. The fourth-order valence-corrected chi connectivity index (χ4v) is 3.63. The summed E-state index contributed by atoms with van der Waals surface area (Å²) in [5, 5.41) is 7.25. The zero-order valence-electron chi connectivity index (χ0n) is 18.6. The standard InChI is InChI=1S/C23H34N4O2/c1-22(2,3)18-11-9-16(10-12-18)20-24-19(29-26-20)15-27-13-7-8-17(14-27)21(28)25-23(4,5)6/h9-12,17H,7-8,13-15H2,1-6H3,(H,25,28). The molecule has 1 saturated heterocycles. The number of benzene rings is 1. The average Bonchev–Trinajstić information content (AvgIpc) is 3.08. The van der Waals surface area contributed by atoms with Crippen molar-refractivity contribution >= 4 is 5.91 Å². The molecule has 1 aromatic carbocycles. The van der Waals surface area contributed by atoms with E-state index >= 15 is 0 Å². The Morgan fingerprint density at radius 1 is 1.17 bits per heavy atom. The minimum atomic E-state index is -0.205. The van der Waals surface area contributed by atoms with Crippen molar-refractivity contribution < 1.29 is 9.32 Å². The van der Waals surface area contributed by atoms with Crippen LogP contribution in [0.5, 0.6) is 0 Å². The average molecular weight is 399 g/mol. The Balaban J connectivity index is 1.62. The van der Waals surface area contributed by atoms with Gasteiger partial charge in [-0.1, -0.05) is 50.2 Å². The second-order valence-electron chi connectivity index (χ2n) is 10.2. The van der Waals surface area contributed by atoms with E-state index in [9.17, 15) is 4.79 Å². The lowest BCUT2D eigenvalue weighted by molar-refractivity contribution is -0.128. The van der Waals surface area contributed by atoms with Gasteiger partial charge in [-0.05, 0) is 51.1 Å². The van der Waals surface area contributed by atoms with Gasteiger partial charge in [0, 0.05) is 17.6 Å². The van der Waals surface area contributed by atoms with Crippen LogP contribution in [0.2, 0.25) is 0 Å². The van der Waals surface area contributed by atoms with Gasteiger partial charge >= 0.3 is 0 Å². The number of nitrogens with zero attached hydrogens (tertiary/aromatic N) is 3. The summed E-state index contributed by atoms with van der Waals surface area (Å²) in [6.45, 7) is 14.9. The Morgan fingerprint density at radius 3 is 2.48 bits per heavy atom. The van der Waals surface area contributed by atoms with Crippen molar-refractivity contribution in [2.75, 3.05) is 13.1 Å². The zero-order chi connectivity index (χ0) is 21.2. The van der Waals surface area contributed by atoms with E-state index in [0.717, 1.165) is 31.5 Å². The first-order valence-electron chi connectivity index (χ1n) is 10.5. The van der Waals surface area contributed by atoms with E-state index in [1.165, 1.54) is 5.56 Å². The highest BCUT2D eigenvalue weighted by atomic mass is 16.5. The number of aromatic nitrogens is 2. The smallest absolute Gasteiger partial charge is 0.241 e. The van der Waals surface area contributed by atoms with Gasteiger partial charge in [-0.3, -0.25) is 9.69 Å². The highest BCUT2D eigenvalue weighted by molar-refractivity contribution is 5.79. The molecule has 1 fully saturated rings. The molecule has 1 aromatic heterocycles. The third kappa shape index (κ3) is 5.89. The highest BCUT2D eigenvalue weighted by Gasteiger charge is 2.28. The van der Waals surface area contributed by atoms with Crippen molar-refractivity contribution in [2.24, 2.45) is 5.92 Å². The molecule has 0 saturated carbocycles. The van der Waals surface area contributed by atoms with E-state index in [1.807, 2.05) is 32.9 Å². The molecule has 0 bridgehead atoms. The van der Waals surface area contributed by atoms with Crippen LogP contribution in [0.1, 0.15) is 65.8 Å². The number of hydrogen-bond donors (Lipinski definition) is 1. The first kappa shape index (κ1) is 21.5. The molecule has 1 aliphatic rings. The third-order valence-electron chi connectivity index (χ3n) is 5.21. The van der Waals surface area contributed by atoms with Crippen LogP contribution < -0.4 is 5.32 Å². The molecule has 2 aromatic rings. The van der Waals surface area contributed by atoms with E-state index in [0.29, 0.717) is 18.3 Å². The normalized spacial score (nSPS) is 18.6. The summed E-state index contributed by atoms with van der Waals surface area (Å²) in [6.07, 6.45) is 1.92. The van der Waals surface area contributed by atoms with Crippen molar-refractivity contribution in [3.05, 3.63) is 35.7 Å². The molecule has 0 aliphatic carbocycles. The summed E-state index contributed by atoms with van der Waals surface area (Å²) in [4.78, 5) is 19.3. The summed E-state index contributed by atoms with van der Waals surface area (Å²) >= 11 is 0. The van der Waals surface area contributed by atoms with E-state index in [1.54, 1.807) is 0 Å². The molecule has 0 radical (unpaired) electrons. The van der Waals surface area contributed by atoms with Crippen LogP contribution in [0, 0.1) is 5.92 Å². The fraction of sp³-hybridized carbons (Fsp3) is 0.609. The maximum Gasteiger partial charge on any atom is 0.241 e. The monoisotopic (exact) mass is 398 g/mol. The highest BCUT2D eigenvalue weighted by Crippen LogP contribution is 2.25. The maximum atomic E-state index is 12.5. The molecule has 6 heteroatoms. The first-order valence-corrected chi connectivity index (χ1v) is 10.5. The van der Waals surface area contributed by atoms with Crippen LogP contribution in [0.15, 0.2) is 28.8 Å². The zero-order valence-corrected chi connectivity index (χ0v) is 18.6. The molecule has 2 heterocycles. The van der Waals surface area contributed by atoms with Gasteiger partial charge in [0.15, 0.2) is 0 Å². The predicted molar refractivity (Wildman–Crippen MR) is 114 cm³/mol. The van der Waals surface area contributed by atoms with Crippen molar-refractivity contribution in [1.82, 2.24) is 20.4 Å². The van der Waals surface area contributed by atoms with Crippen molar-refractivity contribution in [3.8, 4) is 11.4 Å². The van der Waals surface area contributed by atoms with E-state index in [-0.39, 0.29) is 22.8 Å². The summed E-state index contributed by atoms with van der Waals surface area (Å²) in [5.74, 6) is 1.35. The van der Waals surface area contributed by atoms with E-state index < -0.39 is 0 Å². The molecule has 1 N–H and O–H groups in total. The Bertz CT molecular complexity index is 828. The van der Waals surface area contributed by atoms with E-state index in [4.69, 9.17) is 4.52 Å². The maximum absolute atomic E-state index is 12.5. The molecule has 1 aliphatic heterocycles. The summed E-state index contributed by atoms with van der Waals surface area (Å²) in [7, 11) is 0. The SMILES string of the molecule is CC(C)(C)NC(=O)C1CCCN(Cc2nc(-c3ccc(C(C)(C)C)cc3)no2)C1. The molecule has 1 atom stereocenters. The minimum Gasteiger partial charge on any atom is -0.351 e. The lowest BCUT2D eigenvalue weighted by atomic mass is 9.87. The Hall–Kier alpha value is -2.21. The second-order valence-corrected chi connectivity index (χ2v) is 10.2. The molecule has 0 spiro atoms. The number of carbonyl (C=O) groups is 1. The van der Waals surface area contributed by atoms with Gasteiger partial charge in [0.1, 0.15) is 0 Å². The molecular formula is C23H34N4O2. The van der Waals surface area contributed by atoms with Gasteiger partial charge in [-0.2, -0.15) is 4.98 Å².